The fourth-order valence-electron chi connectivity index (χ4n) is 1.40. The van der Waals surface area contributed by atoms with Gasteiger partial charge in [-0.15, -0.1) is 0 Å². The van der Waals surface area contributed by atoms with Gasteiger partial charge in [-0.3, -0.25) is 0 Å². The maximum atomic E-state index is 6.08. The average Bonchev–Trinajstić information content (AvgIpc) is 2.30. The van der Waals surface area contributed by atoms with E-state index in [-0.39, 0.29) is 5.41 Å². The Balaban J connectivity index is 2.89. The van der Waals surface area contributed by atoms with E-state index in [2.05, 4.69) is 46.9 Å². The van der Waals surface area contributed by atoms with E-state index in [0.29, 0.717) is 5.92 Å². The summed E-state index contributed by atoms with van der Waals surface area (Å²) in [6.07, 6.45) is 2.26. The molecule has 0 aliphatic carbocycles. The highest BCUT2D eigenvalue weighted by atomic mass is 35.5. The summed E-state index contributed by atoms with van der Waals surface area (Å²) in [6.45, 7) is 13.4. The van der Waals surface area contributed by atoms with Crippen LogP contribution < -0.4 is 0 Å². The summed E-state index contributed by atoms with van der Waals surface area (Å²) in [5, 5.41) is 1.79. The first kappa shape index (κ1) is 17.7. The third-order valence-corrected chi connectivity index (χ3v) is 5.23. The van der Waals surface area contributed by atoms with E-state index in [1.54, 1.807) is 11.8 Å². The van der Waals surface area contributed by atoms with Gasteiger partial charge < -0.3 is 4.43 Å². The minimum absolute atomic E-state index is 0.244. The van der Waals surface area contributed by atoms with Crippen molar-refractivity contribution < 1.29 is 4.43 Å². The molecule has 0 radical (unpaired) electrons. The van der Waals surface area contributed by atoms with Gasteiger partial charge in [-0.25, -0.2) is 0 Å². The second kappa shape index (κ2) is 7.58. The number of allylic oxidation sites excluding steroid dienone is 1. The predicted molar refractivity (Wildman–Crippen MR) is 94.0 cm³/mol. The van der Waals surface area contributed by atoms with Crippen molar-refractivity contribution in [1.29, 1.82) is 0 Å². The molecule has 1 aromatic rings. The monoisotopic (exact) mass is 328 g/mol. The van der Waals surface area contributed by atoms with E-state index >= 15 is 0 Å². The maximum absolute atomic E-state index is 6.08. The summed E-state index contributed by atoms with van der Waals surface area (Å²) in [5.74, 6) is 0.463. The highest BCUT2D eigenvalue weighted by Crippen LogP contribution is 2.34. The van der Waals surface area contributed by atoms with Crippen LogP contribution in [0.4, 0.5) is 0 Å². The molecule has 1 nitrogen and oxygen atoms in total. The number of thioether (sulfide) groups is 1. The largest absolute Gasteiger partial charge is 0.543 e. The Morgan fingerprint density at radius 3 is 2.25 bits per heavy atom. The number of rotatable bonds is 5. The Morgan fingerprint density at radius 1 is 1.25 bits per heavy atom. The molecule has 0 fully saturated rings. The Kier molecular flexibility index (Phi) is 6.69. The van der Waals surface area contributed by atoms with Crippen LogP contribution >= 0.6 is 23.4 Å². The summed E-state index contributed by atoms with van der Waals surface area (Å²) in [6, 6.07) is 7.91. The van der Waals surface area contributed by atoms with Crippen molar-refractivity contribution in [3.63, 3.8) is 0 Å². The smallest absolute Gasteiger partial charge is 0.230 e. The summed E-state index contributed by atoms with van der Waals surface area (Å²) in [7, 11) is -1.11. The molecule has 0 bridgehead atoms. The van der Waals surface area contributed by atoms with Crippen molar-refractivity contribution in [2.45, 2.75) is 45.7 Å². The highest BCUT2D eigenvalue weighted by molar-refractivity contribution is 8.03. The van der Waals surface area contributed by atoms with Gasteiger partial charge in [0.25, 0.3) is 0 Å². The molecule has 0 aromatic heterocycles. The molecule has 0 aliphatic rings. The van der Waals surface area contributed by atoms with Gasteiger partial charge >= 0.3 is 0 Å². The molecule has 1 atom stereocenters. The second-order valence-corrected chi connectivity index (χ2v) is 10.2. The van der Waals surface area contributed by atoms with Crippen molar-refractivity contribution in [3.8, 4) is 0 Å². The fraction of sp³-hybridized carbons (Fsp3) is 0.500. The predicted octanol–water partition coefficient (Wildman–Crippen LogP) is 5.96. The van der Waals surface area contributed by atoms with E-state index in [1.807, 2.05) is 24.3 Å². The van der Waals surface area contributed by atoms with Crippen LogP contribution in [0.15, 0.2) is 40.3 Å². The first-order valence-electron chi connectivity index (χ1n) is 7.00. The Hall–Kier alpha value is -0.383. The van der Waals surface area contributed by atoms with Crippen molar-refractivity contribution in [1.82, 2.24) is 0 Å². The van der Waals surface area contributed by atoms with Crippen molar-refractivity contribution >= 4 is 32.4 Å². The molecule has 0 aliphatic heterocycles. The highest BCUT2D eigenvalue weighted by Gasteiger charge is 2.19. The summed E-state index contributed by atoms with van der Waals surface area (Å²) in [4.78, 5) is 1.16. The quantitative estimate of drug-likeness (QED) is 0.375. The lowest BCUT2D eigenvalue weighted by atomic mass is 9.82. The Bertz CT molecular complexity index is 449. The number of benzene rings is 1. The van der Waals surface area contributed by atoms with Crippen LogP contribution in [0.25, 0.3) is 0 Å². The van der Waals surface area contributed by atoms with E-state index in [0.717, 1.165) is 15.0 Å². The van der Waals surface area contributed by atoms with Gasteiger partial charge in [0.2, 0.25) is 9.04 Å². The normalized spacial score (nSPS) is 14.5. The topological polar surface area (TPSA) is 9.23 Å². The van der Waals surface area contributed by atoms with Gasteiger partial charge in [0.15, 0.2) is 0 Å². The first-order chi connectivity index (χ1) is 9.18. The molecule has 0 saturated carbocycles. The van der Waals surface area contributed by atoms with E-state index in [1.165, 1.54) is 0 Å². The fourth-order valence-corrected chi connectivity index (χ4v) is 3.62. The SMILES string of the molecule is C[C@H](C=C(O[SiH](C)C)Sc1ccc(Cl)cc1)C(C)(C)C. The van der Waals surface area contributed by atoms with Crippen LogP contribution in [0.2, 0.25) is 18.1 Å². The second-order valence-electron chi connectivity index (χ2n) is 6.36. The van der Waals surface area contributed by atoms with Gasteiger partial charge in [-0.1, -0.05) is 51.1 Å². The van der Waals surface area contributed by atoms with E-state index < -0.39 is 9.04 Å². The van der Waals surface area contributed by atoms with Crippen LogP contribution in [0.5, 0.6) is 0 Å². The summed E-state index contributed by atoms with van der Waals surface area (Å²) < 4.78 is 6.08. The minimum Gasteiger partial charge on any atom is -0.543 e. The van der Waals surface area contributed by atoms with Gasteiger partial charge in [-0.05, 0) is 54.8 Å². The zero-order valence-electron chi connectivity index (χ0n) is 13.2. The van der Waals surface area contributed by atoms with Crippen molar-refractivity contribution in [2.75, 3.05) is 0 Å². The van der Waals surface area contributed by atoms with Gasteiger partial charge in [0.1, 0.15) is 5.09 Å². The molecular formula is C16H25ClOSSi. The van der Waals surface area contributed by atoms with Gasteiger partial charge in [-0.2, -0.15) is 0 Å². The molecule has 1 rings (SSSR count). The number of hydrogen-bond acceptors (Lipinski definition) is 2. The standard InChI is InChI=1S/C16H25ClOSSi/c1-12(16(2,3)4)11-15(18-20(5)6)19-14-9-7-13(17)8-10-14/h7-12,20H,1-6H3/t12-/m1/s1. The molecule has 0 spiro atoms. The molecule has 0 N–H and O–H groups in total. The summed E-state index contributed by atoms with van der Waals surface area (Å²) in [5.41, 5.74) is 0.244. The molecule has 0 amide bonds. The lowest BCUT2D eigenvalue weighted by molar-refractivity contribution is 0.308. The van der Waals surface area contributed by atoms with Crippen LogP contribution in [0.1, 0.15) is 27.7 Å². The molecule has 0 heterocycles. The Morgan fingerprint density at radius 2 is 1.80 bits per heavy atom. The van der Waals surface area contributed by atoms with Gasteiger partial charge in [0, 0.05) is 9.92 Å². The molecule has 112 valence electrons. The first-order valence-corrected chi connectivity index (χ1v) is 11.0. The maximum Gasteiger partial charge on any atom is 0.230 e. The number of hydrogen-bond donors (Lipinski definition) is 0. The van der Waals surface area contributed by atoms with E-state index in [9.17, 15) is 0 Å². The molecular weight excluding hydrogens is 304 g/mol. The molecule has 1 aromatic carbocycles. The third kappa shape index (κ3) is 6.38. The van der Waals surface area contributed by atoms with Crippen LogP contribution in [-0.2, 0) is 4.43 Å². The van der Waals surface area contributed by atoms with Crippen molar-refractivity contribution in [2.24, 2.45) is 11.3 Å². The zero-order chi connectivity index (χ0) is 15.3. The third-order valence-electron chi connectivity index (χ3n) is 3.14. The lowest BCUT2D eigenvalue weighted by Crippen LogP contribution is -2.16. The molecule has 0 unspecified atom stereocenters. The number of halogens is 1. The Labute approximate surface area is 134 Å². The summed E-state index contributed by atoms with van der Waals surface area (Å²) >= 11 is 7.61. The minimum atomic E-state index is -1.11. The molecule has 20 heavy (non-hydrogen) atoms. The zero-order valence-corrected chi connectivity index (χ0v) is 16.0. The van der Waals surface area contributed by atoms with Gasteiger partial charge in [0.05, 0.1) is 0 Å². The van der Waals surface area contributed by atoms with Crippen LogP contribution in [0.3, 0.4) is 0 Å². The average molecular weight is 329 g/mol. The molecule has 4 heteroatoms. The van der Waals surface area contributed by atoms with Crippen LogP contribution in [-0.4, -0.2) is 9.04 Å². The van der Waals surface area contributed by atoms with Crippen molar-refractivity contribution in [3.05, 3.63) is 40.5 Å². The van der Waals surface area contributed by atoms with E-state index in [4.69, 9.17) is 16.0 Å². The molecule has 0 saturated heterocycles. The van der Waals surface area contributed by atoms with Crippen LogP contribution in [0, 0.1) is 11.3 Å². The lowest BCUT2D eigenvalue weighted by Gasteiger charge is -2.25.